The van der Waals surface area contributed by atoms with Crippen molar-refractivity contribution in [1.82, 2.24) is 10.6 Å². The van der Waals surface area contributed by atoms with Gasteiger partial charge >= 0.3 is 0 Å². The summed E-state index contributed by atoms with van der Waals surface area (Å²) in [7, 11) is 0. The highest BCUT2D eigenvalue weighted by atomic mass is 35.5. The molecule has 11 heteroatoms. The lowest BCUT2D eigenvalue weighted by Gasteiger charge is -2.25. The van der Waals surface area contributed by atoms with Gasteiger partial charge in [0.15, 0.2) is 29.7 Å². The molecule has 1 aliphatic rings. The molecular formula is C21H18ClF3N2O5. The largest absolute Gasteiger partial charge is 0.485 e. The minimum Gasteiger partial charge on any atom is -0.485 e. The van der Waals surface area contributed by atoms with Crippen molar-refractivity contribution in [2.24, 2.45) is 0 Å². The van der Waals surface area contributed by atoms with Crippen molar-refractivity contribution in [3.8, 4) is 17.2 Å². The van der Waals surface area contributed by atoms with Crippen molar-refractivity contribution in [3.05, 3.63) is 65.1 Å². The highest BCUT2D eigenvalue weighted by Gasteiger charge is 2.28. The third kappa shape index (κ3) is 6.07. The van der Waals surface area contributed by atoms with Crippen LogP contribution in [0.25, 0.3) is 0 Å². The molecule has 7 nitrogen and oxygen atoms in total. The van der Waals surface area contributed by atoms with Gasteiger partial charge in [-0.15, -0.1) is 0 Å². The molecule has 0 saturated heterocycles. The summed E-state index contributed by atoms with van der Waals surface area (Å²) in [6, 6.07) is 5.43. The zero-order valence-electron chi connectivity index (χ0n) is 16.6. The first kappa shape index (κ1) is 23.3. The molecule has 2 N–H and O–H groups in total. The predicted octanol–water partition coefficient (Wildman–Crippen LogP) is 3.11. The Hall–Kier alpha value is -3.40. The quantitative estimate of drug-likeness (QED) is 0.619. The molecular weight excluding hydrogens is 453 g/mol. The van der Waals surface area contributed by atoms with Gasteiger partial charge in [0.2, 0.25) is 6.10 Å². The fourth-order valence-corrected chi connectivity index (χ4v) is 2.78. The second-order valence-corrected chi connectivity index (χ2v) is 7.10. The summed E-state index contributed by atoms with van der Waals surface area (Å²) in [5, 5.41) is 5.00. The highest BCUT2D eigenvalue weighted by Crippen LogP contribution is 2.33. The number of benzene rings is 2. The lowest BCUT2D eigenvalue weighted by Crippen LogP contribution is -2.44. The fourth-order valence-electron chi connectivity index (χ4n) is 2.66. The van der Waals surface area contributed by atoms with Crippen molar-refractivity contribution in [3.63, 3.8) is 0 Å². The molecule has 0 aliphatic carbocycles. The predicted molar refractivity (Wildman–Crippen MR) is 108 cm³/mol. The molecule has 1 atom stereocenters. The Balaban J connectivity index is 1.37. The second-order valence-electron chi connectivity index (χ2n) is 6.69. The molecule has 0 saturated carbocycles. The topological polar surface area (TPSA) is 85.9 Å². The van der Waals surface area contributed by atoms with Crippen LogP contribution in [0.5, 0.6) is 17.2 Å². The maximum atomic E-state index is 13.4. The fraction of sp³-hybridized carbons (Fsp3) is 0.238. The van der Waals surface area contributed by atoms with E-state index >= 15 is 0 Å². The monoisotopic (exact) mass is 470 g/mol. The Bertz CT molecular complexity index is 1050. The molecule has 0 radical (unpaired) electrons. The molecule has 1 aliphatic heterocycles. The highest BCUT2D eigenvalue weighted by molar-refractivity contribution is 6.30. The van der Waals surface area contributed by atoms with Crippen molar-refractivity contribution < 1.29 is 37.0 Å². The second kappa shape index (κ2) is 10.3. The van der Waals surface area contributed by atoms with Gasteiger partial charge in [-0.05, 0) is 12.1 Å². The molecule has 0 spiro atoms. The zero-order chi connectivity index (χ0) is 23.3. The molecule has 2 aromatic rings. The molecule has 2 aromatic carbocycles. The lowest BCUT2D eigenvalue weighted by atomic mass is 10.2. The van der Waals surface area contributed by atoms with Crippen LogP contribution in [-0.2, 0) is 9.59 Å². The number of hydrogen-bond acceptors (Lipinski definition) is 5. The van der Waals surface area contributed by atoms with Crippen LogP contribution in [0.2, 0.25) is 5.02 Å². The number of nitrogens with one attached hydrogen (secondary N) is 2. The first-order valence-electron chi connectivity index (χ1n) is 9.34. The van der Waals surface area contributed by atoms with Crippen molar-refractivity contribution in [1.29, 1.82) is 0 Å². The molecule has 2 amide bonds. The van der Waals surface area contributed by atoms with Crippen molar-refractivity contribution in [2.75, 3.05) is 19.8 Å². The normalized spacial score (nSPS) is 14.4. The van der Waals surface area contributed by atoms with Gasteiger partial charge < -0.3 is 24.8 Å². The summed E-state index contributed by atoms with van der Waals surface area (Å²) >= 11 is 5.57. The number of ether oxygens (including phenoxy) is 3. The Kier molecular flexibility index (Phi) is 7.47. The summed E-state index contributed by atoms with van der Waals surface area (Å²) in [5.41, 5.74) is 0.310. The standard InChI is InChI=1S/C21H18ClF3N2O5/c1-11(27-20(28)10-30-12-2-3-13(22)14(23)6-12)4-5-26-21(29)19-9-31-17-7-15(24)16(25)8-18(17)32-19/h2-3,6-8,19H,1,4-5,9-10H2,(H,26,29)(H,27,28). The first-order valence-corrected chi connectivity index (χ1v) is 9.72. The van der Waals surface area contributed by atoms with E-state index in [1.807, 2.05) is 0 Å². The van der Waals surface area contributed by atoms with E-state index in [4.69, 9.17) is 25.8 Å². The molecule has 170 valence electrons. The third-order valence-electron chi connectivity index (χ3n) is 4.24. The molecule has 0 aromatic heterocycles. The maximum Gasteiger partial charge on any atom is 0.264 e. The van der Waals surface area contributed by atoms with Crippen LogP contribution < -0.4 is 24.8 Å². The van der Waals surface area contributed by atoms with Gasteiger partial charge in [0.1, 0.15) is 18.2 Å². The number of rotatable bonds is 8. The van der Waals surface area contributed by atoms with E-state index in [2.05, 4.69) is 17.2 Å². The molecule has 1 heterocycles. The summed E-state index contributed by atoms with van der Waals surface area (Å²) in [4.78, 5) is 24.1. The molecule has 3 rings (SSSR count). The number of carbonyl (C=O) groups is 2. The van der Waals surface area contributed by atoms with E-state index < -0.39 is 35.4 Å². The number of amides is 2. The van der Waals surface area contributed by atoms with Crippen LogP contribution in [0.3, 0.4) is 0 Å². The van der Waals surface area contributed by atoms with Gasteiger partial charge in [-0.25, -0.2) is 13.2 Å². The summed E-state index contributed by atoms with van der Waals surface area (Å²) in [5.74, 6) is -3.86. The van der Waals surface area contributed by atoms with Gasteiger partial charge in [-0.1, -0.05) is 18.2 Å². The Morgan fingerprint density at radius 1 is 1.12 bits per heavy atom. The first-order chi connectivity index (χ1) is 15.2. The molecule has 32 heavy (non-hydrogen) atoms. The average molecular weight is 471 g/mol. The number of fused-ring (bicyclic) bond motifs is 1. The van der Waals surface area contributed by atoms with Crippen LogP contribution in [0.1, 0.15) is 6.42 Å². The number of hydrogen-bond donors (Lipinski definition) is 2. The number of carbonyl (C=O) groups excluding carboxylic acids is 2. The van der Waals surface area contributed by atoms with Gasteiger partial charge in [0, 0.05) is 36.9 Å². The van der Waals surface area contributed by atoms with E-state index in [0.717, 1.165) is 18.2 Å². The Labute approximate surface area is 186 Å². The van der Waals surface area contributed by atoms with Gasteiger partial charge in [-0.3, -0.25) is 9.59 Å². The zero-order valence-corrected chi connectivity index (χ0v) is 17.3. The van der Waals surface area contributed by atoms with E-state index in [1.54, 1.807) is 0 Å². The Morgan fingerprint density at radius 2 is 1.84 bits per heavy atom. The third-order valence-corrected chi connectivity index (χ3v) is 4.55. The maximum absolute atomic E-state index is 13.4. The summed E-state index contributed by atoms with van der Waals surface area (Å²) in [6.45, 7) is 3.24. The molecule has 0 fully saturated rings. The minimum absolute atomic E-state index is 0.00703. The lowest BCUT2D eigenvalue weighted by molar-refractivity contribution is -0.130. The van der Waals surface area contributed by atoms with Crippen LogP contribution in [0, 0.1) is 17.5 Å². The molecule has 1 unspecified atom stereocenters. The van der Waals surface area contributed by atoms with E-state index in [0.29, 0.717) is 5.70 Å². The van der Waals surface area contributed by atoms with Gasteiger partial charge in [0.25, 0.3) is 11.8 Å². The van der Waals surface area contributed by atoms with Crippen molar-refractivity contribution in [2.45, 2.75) is 12.5 Å². The average Bonchev–Trinajstić information content (AvgIpc) is 2.75. The van der Waals surface area contributed by atoms with Gasteiger partial charge in [0.05, 0.1) is 5.02 Å². The van der Waals surface area contributed by atoms with Gasteiger partial charge in [-0.2, -0.15) is 0 Å². The number of halogens is 4. The summed E-state index contributed by atoms with van der Waals surface area (Å²) in [6.07, 6.45) is -0.847. The van der Waals surface area contributed by atoms with Crippen molar-refractivity contribution >= 4 is 23.4 Å². The molecule has 0 bridgehead atoms. The van der Waals surface area contributed by atoms with Crippen LogP contribution in [-0.4, -0.2) is 37.7 Å². The van der Waals surface area contributed by atoms with E-state index in [1.165, 1.54) is 12.1 Å². The summed E-state index contributed by atoms with van der Waals surface area (Å²) < 4.78 is 55.6. The van der Waals surface area contributed by atoms with Crippen LogP contribution >= 0.6 is 11.6 Å². The van der Waals surface area contributed by atoms with E-state index in [9.17, 15) is 22.8 Å². The Morgan fingerprint density at radius 3 is 2.56 bits per heavy atom. The SMILES string of the molecule is C=C(CCNC(=O)C1COc2cc(F)c(F)cc2O1)NC(=O)COc1ccc(Cl)c(F)c1. The van der Waals surface area contributed by atoms with Crippen LogP contribution in [0.15, 0.2) is 42.6 Å². The smallest absolute Gasteiger partial charge is 0.264 e. The van der Waals surface area contributed by atoms with Crippen LogP contribution in [0.4, 0.5) is 13.2 Å². The minimum atomic E-state index is -1.12. The van der Waals surface area contributed by atoms with E-state index in [-0.39, 0.29) is 48.5 Å².